The largest absolute Gasteiger partial charge is 0.461 e. The van der Waals surface area contributed by atoms with Crippen LogP contribution in [0.25, 0.3) is 0 Å². The van der Waals surface area contributed by atoms with Gasteiger partial charge in [-0.3, -0.25) is 4.79 Å². The lowest BCUT2D eigenvalue weighted by Crippen LogP contribution is -1.99. The van der Waals surface area contributed by atoms with Crippen molar-refractivity contribution in [3.05, 3.63) is 59.0 Å². The number of furan rings is 1. The number of Topliss-reactive ketones (excluding diaryl/α,β-unsaturated/α-hetero) is 1. The van der Waals surface area contributed by atoms with Crippen LogP contribution in [0, 0.1) is 6.92 Å². The Kier molecular flexibility index (Phi) is 3.66. The number of benzene rings is 1. The predicted octanol–water partition coefficient (Wildman–Crippen LogP) is 4.14. The standard InChI is InChI=1S/C16H18O2/c1-11(14-7-5-4-6-8-14)9-15-10-18-16(12(15)2)13(3)17/h4-8,10-11H,9H2,1-3H3. The van der Waals surface area contributed by atoms with Crippen LogP contribution in [-0.4, -0.2) is 5.78 Å². The minimum absolute atomic E-state index is 0.00823. The molecule has 2 nitrogen and oxygen atoms in total. The van der Waals surface area contributed by atoms with Crippen molar-refractivity contribution in [2.45, 2.75) is 33.1 Å². The molecule has 1 heterocycles. The third-order valence-corrected chi connectivity index (χ3v) is 3.36. The molecular weight excluding hydrogens is 224 g/mol. The first-order valence-corrected chi connectivity index (χ1v) is 6.22. The molecule has 0 radical (unpaired) electrons. The average Bonchev–Trinajstić information content (AvgIpc) is 2.72. The maximum atomic E-state index is 11.3. The van der Waals surface area contributed by atoms with Crippen LogP contribution in [0.2, 0.25) is 0 Å². The molecule has 2 rings (SSSR count). The van der Waals surface area contributed by atoms with Crippen LogP contribution >= 0.6 is 0 Å². The summed E-state index contributed by atoms with van der Waals surface area (Å²) in [5.41, 5.74) is 3.41. The molecule has 1 aromatic carbocycles. The van der Waals surface area contributed by atoms with Crippen LogP contribution < -0.4 is 0 Å². The lowest BCUT2D eigenvalue weighted by atomic mass is 9.93. The Bertz CT molecular complexity index is 537. The van der Waals surface area contributed by atoms with Gasteiger partial charge < -0.3 is 4.42 Å². The quantitative estimate of drug-likeness (QED) is 0.754. The minimum atomic E-state index is -0.00823. The molecule has 1 unspecified atom stereocenters. The topological polar surface area (TPSA) is 30.2 Å². The van der Waals surface area contributed by atoms with E-state index in [0.29, 0.717) is 11.7 Å². The van der Waals surface area contributed by atoms with Gasteiger partial charge in [0.2, 0.25) is 0 Å². The lowest BCUT2D eigenvalue weighted by molar-refractivity contribution is 0.0986. The Morgan fingerprint density at radius 1 is 1.28 bits per heavy atom. The first kappa shape index (κ1) is 12.6. The molecule has 18 heavy (non-hydrogen) atoms. The van der Waals surface area contributed by atoms with E-state index < -0.39 is 0 Å². The van der Waals surface area contributed by atoms with Crippen LogP contribution in [0.5, 0.6) is 0 Å². The van der Waals surface area contributed by atoms with Crippen LogP contribution in [-0.2, 0) is 6.42 Å². The molecule has 0 saturated heterocycles. The monoisotopic (exact) mass is 242 g/mol. The lowest BCUT2D eigenvalue weighted by Gasteiger charge is -2.10. The molecule has 0 amide bonds. The summed E-state index contributed by atoms with van der Waals surface area (Å²) in [4.78, 5) is 11.3. The molecule has 0 aliphatic rings. The molecule has 0 spiro atoms. The van der Waals surface area contributed by atoms with Gasteiger partial charge in [-0.25, -0.2) is 0 Å². The summed E-state index contributed by atoms with van der Waals surface area (Å²) < 4.78 is 5.34. The fourth-order valence-electron chi connectivity index (χ4n) is 2.23. The van der Waals surface area contributed by atoms with Crippen molar-refractivity contribution in [3.63, 3.8) is 0 Å². The van der Waals surface area contributed by atoms with Gasteiger partial charge in [-0.05, 0) is 30.4 Å². The second kappa shape index (κ2) is 5.21. The van der Waals surface area contributed by atoms with E-state index in [-0.39, 0.29) is 5.78 Å². The van der Waals surface area contributed by atoms with Crippen molar-refractivity contribution in [3.8, 4) is 0 Å². The fourth-order valence-corrected chi connectivity index (χ4v) is 2.23. The van der Waals surface area contributed by atoms with Crippen molar-refractivity contribution < 1.29 is 9.21 Å². The third-order valence-electron chi connectivity index (χ3n) is 3.36. The van der Waals surface area contributed by atoms with Crippen LogP contribution in [0.1, 0.15) is 47.0 Å². The van der Waals surface area contributed by atoms with Gasteiger partial charge in [-0.15, -0.1) is 0 Å². The van der Waals surface area contributed by atoms with E-state index in [1.54, 1.807) is 6.26 Å². The fraction of sp³-hybridized carbons (Fsp3) is 0.312. The van der Waals surface area contributed by atoms with Gasteiger partial charge in [0.15, 0.2) is 11.5 Å². The zero-order valence-electron chi connectivity index (χ0n) is 11.1. The third kappa shape index (κ3) is 2.53. The predicted molar refractivity (Wildman–Crippen MR) is 72.0 cm³/mol. The Balaban J connectivity index is 2.17. The molecule has 2 aromatic rings. The van der Waals surface area contributed by atoms with Gasteiger partial charge in [-0.2, -0.15) is 0 Å². The van der Waals surface area contributed by atoms with Gasteiger partial charge in [0.05, 0.1) is 6.26 Å². The first-order valence-electron chi connectivity index (χ1n) is 6.22. The van der Waals surface area contributed by atoms with E-state index >= 15 is 0 Å². The molecule has 0 aliphatic carbocycles. The summed E-state index contributed by atoms with van der Waals surface area (Å²) in [6, 6.07) is 10.4. The van der Waals surface area contributed by atoms with Crippen LogP contribution in [0.3, 0.4) is 0 Å². The van der Waals surface area contributed by atoms with Crippen molar-refractivity contribution in [1.82, 2.24) is 0 Å². The zero-order valence-corrected chi connectivity index (χ0v) is 11.1. The Hall–Kier alpha value is -1.83. The molecule has 94 valence electrons. The first-order chi connectivity index (χ1) is 8.59. The molecule has 1 atom stereocenters. The van der Waals surface area contributed by atoms with Gasteiger partial charge in [0.25, 0.3) is 0 Å². The molecule has 0 N–H and O–H groups in total. The molecule has 1 aromatic heterocycles. The van der Waals surface area contributed by atoms with Crippen molar-refractivity contribution in [2.24, 2.45) is 0 Å². The normalized spacial score (nSPS) is 12.4. The van der Waals surface area contributed by atoms with E-state index in [1.165, 1.54) is 12.5 Å². The van der Waals surface area contributed by atoms with Crippen molar-refractivity contribution in [1.29, 1.82) is 0 Å². The van der Waals surface area contributed by atoms with E-state index in [4.69, 9.17) is 4.42 Å². The van der Waals surface area contributed by atoms with Crippen LogP contribution in [0.4, 0.5) is 0 Å². The number of carbonyl (C=O) groups is 1. The van der Waals surface area contributed by atoms with E-state index in [9.17, 15) is 4.79 Å². The summed E-state index contributed by atoms with van der Waals surface area (Å²) in [6.45, 7) is 5.68. The van der Waals surface area contributed by atoms with Gasteiger partial charge in [0.1, 0.15) is 0 Å². The SMILES string of the molecule is CC(=O)c1occ(CC(C)c2ccccc2)c1C. The average molecular weight is 242 g/mol. The maximum Gasteiger partial charge on any atom is 0.195 e. The molecule has 2 heteroatoms. The zero-order chi connectivity index (χ0) is 13.1. The van der Waals surface area contributed by atoms with E-state index in [2.05, 4.69) is 31.2 Å². The number of rotatable bonds is 4. The molecular formula is C16H18O2. The van der Waals surface area contributed by atoms with E-state index in [1.807, 2.05) is 13.0 Å². The minimum Gasteiger partial charge on any atom is -0.461 e. The Morgan fingerprint density at radius 3 is 2.50 bits per heavy atom. The highest BCUT2D eigenvalue weighted by molar-refractivity contribution is 5.92. The molecule has 0 bridgehead atoms. The second-order valence-corrected chi connectivity index (χ2v) is 4.79. The molecule has 0 fully saturated rings. The highest BCUT2D eigenvalue weighted by Gasteiger charge is 2.15. The van der Waals surface area contributed by atoms with Crippen molar-refractivity contribution >= 4 is 5.78 Å². The van der Waals surface area contributed by atoms with Gasteiger partial charge >= 0.3 is 0 Å². The summed E-state index contributed by atoms with van der Waals surface area (Å²) in [5, 5.41) is 0. The summed E-state index contributed by atoms with van der Waals surface area (Å²) in [6.07, 6.45) is 2.61. The summed E-state index contributed by atoms with van der Waals surface area (Å²) >= 11 is 0. The molecule has 0 saturated carbocycles. The van der Waals surface area contributed by atoms with Crippen LogP contribution in [0.15, 0.2) is 41.0 Å². The smallest absolute Gasteiger partial charge is 0.195 e. The van der Waals surface area contributed by atoms with Gasteiger partial charge in [-0.1, -0.05) is 37.3 Å². The highest BCUT2D eigenvalue weighted by atomic mass is 16.3. The second-order valence-electron chi connectivity index (χ2n) is 4.79. The van der Waals surface area contributed by atoms with Crippen molar-refractivity contribution in [2.75, 3.05) is 0 Å². The Morgan fingerprint density at radius 2 is 1.94 bits per heavy atom. The maximum absolute atomic E-state index is 11.3. The number of hydrogen-bond acceptors (Lipinski definition) is 2. The van der Waals surface area contributed by atoms with E-state index in [0.717, 1.165) is 17.5 Å². The molecule has 0 aliphatic heterocycles. The highest BCUT2D eigenvalue weighted by Crippen LogP contribution is 2.25. The van der Waals surface area contributed by atoms with Gasteiger partial charge in [0, 0.05) is 12.5 Å². The summed E-state index contributed by atoms with van der Waals surface area (Å²) in [5.74, 6) is 0.902. The number of ketones is 1. The summed E-state index contributed by atoms with van der Waals surface area (Å²) in [7, 11) is 0. The number of hydrogen-bond donors (Lipinski definition) is 0. The number of carbonyl (C=O) groups excluding carboxylic acids is 1. The Labute approximate surface area is 108 Å².